The molecule has 0 radical (unpaired) electrons. The Kier molecular flexibility index (Phi) is 7.19. The van der Waals surface area contributed by atoms with Gasteiger partial charge in [-0.05, 0) is 61.7 Å². The SMILES string of the molecule is C[C@@H](NC(=O)COC(=O)c1ccc(OC[C@@H]2CCCO2)cc1)c1ccc(F)cc1. The molecule has 1 heterocycles. The van der Waals surface area contributed by atoms with E-state index in [0.29, 0.717) is 17.9 Å². The minimum absolute atomic E-state index is 0.121. The number of benzene rings is 2. The van der Waals surface area contributed by atoms with Crippen LogP contribution in [0.15, 0.2) is 48.5 Å². The van der Waals surface area contributed by atoms with Gasteiger partial charge in [0.1, 0.15) is 18.2 Å². The molecular formula is C22H24FNO5. The van der Waals surface area contributed by atoms with Crippen LogP contribution in [0.4, 0.5) is 4.39 Å². The van der Waals surface area contributed by atoms with Gasteiger partial charge in [0.05, 0.1) is 17.7 Å². The van der Waals surface area contributed by atoms with Crippen molar-refractivity contribution in [3.63, 3.8) is 0 Å². The van der Waals surface area contributed by atoms with E-state index in [2.05, 4.69) is 5.32 Å². The van der Waals surface area contributed by atoms with Gasteiger partial charge >= 0.3 is 5.97 Å². The molecule has 3 rings (SSSR count). The number of carbonyl (C=O) groups is 2. The van der Waals surface area contributed by atoms with Gasteiger partial charge in [-0.2, -0.15) is 0 Å². The highest BCUT2D eigenvalue weighted by molar-refractivity contribution is 5.91. The third-order valence-corrected chi connectivity index (χ3v) is 4.63. The van der Waals surface area contributed by atoms with Crippen molar-refractivity contribution in [2.24, 2.45) is 0 Å². The fourth-order valence-electron chi connectivity index (χ4n) is 2.98. The summed E-state index contributed by atoms with van der Waals surface area (Å²) in [6, 6.07) is 12.0. The first kappa shape index (κ1) is 20.8. The molecule has 2 atom stereocenters. The van der Waals surface area contributed by atoms with Gasteiger partial charge in [0.25, 0.3) is 5.91 Å². The smallest absolute Gasteiger partial charge is 0.338 e. The number of carbonyl (C=O) groups excluding carboxylic acids is 2. The van der Waals surface area contributed by atoms with Crippen LogP contribution in [0.25, 0.3) is 0 Å². The number of hydrogen-bond donors (Lipinski definition) is 1. The second kappa shape index (κ2) is 10.0. The van der Waals surface area contributed by atoms with E-state index in [9.17, 15) is 14.0 Å². The molecule has 6 nitrogen and oxygen atoms in total. The molecule has 0 saturated carbocycles. The number of ether oxygens (including phenoxy) is 3. The van der Waals surface area contributed by atoms with Crippen LogP contribution in [0.5, 0.6) is 5.75 Å². The maximum atomic E-state index is 13.0. The van der Waals surface area contributed by atoms with Gasteiger partial charge in [-0.3, -0.25) is 4.79 Å². The van der Waals surface area contributed by atoms with E-state index < -0.39 is 18.5 Å². The third-order valence-electron chi connectivity index (χ3n) is 4.63. The Hall–Kier alpha value is -2.93. The summed E-state index contributed by atoms with van der Waals surface area (Å²) >= 11 is 0. The van der Waals surface area contributed by atoms with Crippen molar-refractivity contribution in [3.05, 3.63) is 65.5 Å². The summed E-state index contributed by atoms with van der Waals surface area (Å²) in [7, 11) is 0. The monoisotopic (exact) mass is 401 g/mol. The fraction of sp³-hybridized carbons (Fsp3) is 0.364. The first-order valence-corrected chi connectivity index (χ1v) is 9.57. The summed E-state index contributed by atoms with van der Waals surface area (Å²) in [4.78, 5) is 24.1. The van der Waals surface area contributed by atoms with E-state index in [1.54, 1.807) is 43.3 Å². The molecule has 1 fully saturated rings. The van der Waals surface area contributed by atoms with Crippen molar-refractivity contribution >= 4 is 11.9 Å². The fourth-order valence-corrected chi connectivity index (χ4v) is 2.98. The van der Waals surface area contributed by atoms with E-state index in [1.807, 2.05) is 0 Å². The molecule has 0 bridgehead atoms. The molecule has 1 aliphatic rings. The standard InChI is InChI=1S/C22H24FNO5/c1-15(16-4-8-18(23)9-5-16)24-21(25)14-29-22(26)17-6-10-19(11-7-17)28-13-20-3-2-12-27-20/h4-11,15,20H,2-3,12-14H2,1H3,(H,24,25)/t15-,20+/m1/s1. The minimum Gasteiger partial charge on any atom is -0.491 e. The predicted molar refractivity (Wildman–Crippen MR) is 104 cm³/mol. The molecule has 1 N–H and O–H groups in total. The van der Waals surface area contributed by atoms with E-state index >= 15 is 0 Å². The van der Waals surface area contributed by atoms with Crippen LogP contribution in [0.2, 0.25) is 0 Å². The Bertz CT molecular complexity index is 816. The lowest BCUT2D eigenvalue weighted by Crippen LogP contribution is -2.31. The number of hydrogen-bond acceptors (Lipinski definition) is 5. The van der Waals surface area contributed by atoms with E-state index in [0.717, 1.165) is 25.0 Å². The number of rotatable bonds is 8. The average molecular weight is 401 g/mol. The van der Waals surface area contributed by atoms with Gasteiger partial charge in [0.2, 0.25) is 0 Å². The molecule has 1 amide bonds. The first-order chi connectivity index (χ1) is 14.0. The van der Waals surface area contributed by atoms with Crippen molar-refractivity contribution in [1.82, 2.24) is 5.32 Å². The van der Waals surface area contributed by atoms with Gasteiger partial charge in [-0.1, -0.05) is 12.1 Å². The van der Waals surface area contributed by atoms with Gasteiger partial charge < -0.3 is 19.5 Å². The lowest BCUT2D eigenvalue weighted by Gasteiger charge is -2.14. The Balaban J connectivity index is 1.42. The van der Waals surface area contributed by atoms with Crippen LogP contribution in [-0.2, 0) is 14.3 Å². The zero-order valence-electron chi connectivity index (χ0n) is 16.2. The molecule has 1 aliphatic heterocycles. The number of halogens is 1. The quantitative estimate of drug-likeness (QED) is 0.686. The van der Waals surface area contributed by atoms with Crippen LogP contribution >= 0.6 is 0 Å². The molecule has 0 unspecified atom stereocenters. The summed E-state index contributed by atoms with van der Waals surface area (Å²) in [5, 5.41) is 2.70. The Labute approximate surface area is 169 Å². The molecule has 7 heteroatoms. The zero-order chi connectivity index (χ0) is 20.6. The topological polar surface area (TPSA) is 73.9 Å². The van der Waals surface area contributed by atoms with Crippen molar-refractivity contribution in [3.8, 4) is 5.75 Å². The van der Waals surface area contributed by atoms with Crippen molar-refractivity contribution in [1.29, 1.82) is 0 Å². The zero-order valence-corrected chi connectivity index (χ0v) is 16.2. The second-order valence-electron chi connectivity index (χ2n) is 6.89. The van der Waals surface area contributed by atoms with Gasteiger partial charge in [-0.15, -0.1) is 0 Å². The Morgan fingerprint density at radius 2 is 1.90 bits per heavy atom. The molecule has 29 heavy (non-hydrogen) atoms. The van der Waals surface area contributed by atoms with Crippen LogP contribution in [0, 0.1) is 5.82 Å². The molecule has 0 aromatic heterocycles. The summed E-state index contributed by atoms with van der Waals surface area (Å²) < 4.78 is 29.2. The van der Waals surface area contributed by atoms with Crippen molar-refractivity contribution in [2.45, 2.75) is 31.9 Å². The van der Waals surface area contributed by atoms with Gasteiger partial charge in [0.15, 0.2) is 6.61 Å². The second-order valence-corrected chi connectivity index (χ2v) is 6.89. The molecule has 1 saturated heterocycles. The lowest BCUT2D eigenvalue weighted by atomic mass is 10.1. The molecule has 2 aromatic rings. The molecule has 0 aliphatic carbocycles. The highest BCUT2D eigenvalue weighted by Gasteiger charge is 2.16. The normalized spacial score (nSPS) is 16.8. The lowest BCUT2D eigenvalue weighted by molar-refractivity contribution is -0.124. The number of nitrogens with one attached hydrogen (secondary N) is 1. The summed E-state index contributed by atoms with van der Waals surface area (Å²) in [6.07, 6.45) is 2.16. The number of esters is 1. The predicted octanol–water partition coefficient (Wildman–Crippen LogP) is 3.42. The van der Waals surface area contributed by atoms with Crippen molar-refractivity contribution < 1.29 is 28.2 Å². The molecule has 2 aromatic carbocycles. The Morgan fingerprint density at radius 3 is 2.55 bits per heavy atom. The summed E-state index contributed by atoms with van der Waals surface area (Å²) in [5.41, 5.74) is 1.08. The highest BCUT2D eigenvalue weighted by Crippen LogP contribution is 2.17. The minimum atomic E-state index is -0.597. The maximum Gasteiger partial charge on any atom is 0.338 e. The molecule has 0 spiro atoms. The summed E-state index contributed by atoms with van der Waals surface area (Å²) in [6.45, 7) is 2.62. The first-order valence-electron chi connectivity index (χ1n) is 9.57. The molecular weight excluding hydrogens is 377 g/mol. The highest BCUT2D eigenvalue weighted by atomic mass is 19.1. The largest absolute Gasteiger partial charge is 0.491 e. The van der Waals surface area contributed by atoms with Crippen molar-refractivity contribution in [2.75, 3.05) is 19.8 Å². The molecule has 154 valence electrons. The van der Waals surface area contributed by atoms with E-state index in [1.165, 1.54) is 12.1 Å². The van der Waals surface area contributed by atoms with Gasteiger partial charge in [0, 0.05) is 6.61 Å². The van der Waals surface area contributed by atoms with Crippen LogP contribution < -0.4 is 10.1 Å². The van der Waals surface area contributed by atoms with Crippen LogP contribution in [0.3, 0.4) is 0 Å². The third kappa shape index (κ3) is 6.29. The van der Waals surface area contributed by atoms with Gasteiger partial charge in [-0.25, -0.2) is 9.18 Å². The van der Waals surface area contributed by atoms with Crippen LogP contribution in [0.1, 0.15) is 41.7 Å². The summed E-state index contributed by atoms with van der Waals surface area (Å²) in [5.74, 6) is -0.737. The van der Waals surface area contributed by atoms with E-state index in [-0.39, 0.29) is 18.0 Å². The Morgan fingerprint density at radius 1 is 1.17 bits per heavy atom. The number of amides is 1. The van der Waals surface area contributed by atoms with E-state index in [4.69, 9.17) is 14.2 Å². The maximum absolute atomic E-state index is 13.0. The average Bonchev–Trinajstić information content (AvgIpc) is 3.25. The van der Waals surface area contributed by atoms with Crippen LogP contribution in [-0.4, -0.2) is 37.8 Å².